The van der Waals surface area contributed by atoms with Crippen molar-refractivity contribution in [2.75, 3.05) is 6.54 Å². The van der Waals surface area contributed by atoms with Crippen LogP contribution in [-0.2, 0) is 17.8 Å². The lowest BCUT2D eigenvalue weighted by atomic mass is 10.3. The molecule has 90 valence electrons. The Bertz CT molecular complexity index is 320. The number of aryl methyl sites for hydroxylation is 2. The fourth-order valence-electron chi connectivity index (χ4n) is 1.61. The maximum atomic E-state index is 10.7. The lowest BCUT2D eigenvalue weighted by Crippen LogP contribution is -2.21. The van der Waals surface area contributed by atoms with Gasteiger partial charge in [-0.15, -0.1) is 0 Å². The van der Waals surface area contributed by atoms with Crippen molar-refractivity contribution in [3.05, 3.63) is 18.2 Å². The Morgan fingerprint density at radius 1 is 1.50 bits per heavy atom. The number of imidazole rings is 1. The van der Waals surface area contributed by atoms with E-state index in [4.69, 9.17) is 0 Å². The van der Waals surface area contributed by atoms with Crippen molar-refractivity contribution >= 4 is 5.91 Å². The highest BCUT2D eigenvalue weighted by atomic mass is 16.1. The molecule has 1 heterocycles. The van der Waals surface area contributed by atoms with Crippen molar-refractivity contribution in [1.82, 2.24) is 14.9 Å². The number of hydrogen-bond acceptors (Lipinski definition) is 2. The predicted molar refractivity (Wildman–Crippen MR) is 64.1 cm³/mol. The van der Waals surface area contributed by atoms with Crippen LogP contribution in [0.15, 0.2) is 12.4 Å². The summed E-state index contributed by atoms with van der Waals surface area (Å²) >= 11 is 0. The molecule has 1 aromatic rings. The molecule has 0 spiro atoms. The van der Waals surface area contributed by atoms with Gasteiger partial charge in [-0.3, -0.25) is 4.79 Å². The van der Waals surface area contributed by atoms with Gasteiger partial charge in [0.2, 0.25) is 5.91 Å². The van der Waals surface area contributed by atoms with Crippen LogP contribution >= 0.6 is 0 Å². The SMILES string of the molecule is CCCCn1ccnc1CCCNC(C)=O. The van der Waals surface area contributed by atoms with E-state index in [0.717, 1.165) is 31.8 Å². The highest BCUT2D eigenvalue weighted by Crippen LogP contribution is 2.03. The van der Waals surface area contributed by atoms with Gasteiger partial charge < -0.3 is 9.88 Å². The van der Waals surface area contributed by atoms with Gasteiger partial charge in [0.15, 0.2) is 0 Å². The summed E-state index contributed by atoms with van der Waals surface area (Å²) < 4.78 is 2.21. The first-order valence-electron chi connectivity index (χ1n) is 5.98. The minimum atomic E-state index is 0.0364. The van der Waals surface area contributed by atoms with E-state index in [2.05, 4.69) is 21.8 Å². The summed E-state index contributed by atoms with van der Waals surface area (Å²) in [6, 6.07) is 0. The molecule has 0 aromatic carbocycles. The predicted octanol–water partition coefficient (Wildman–Crippen LogP) is 1.75. The molecule has 4 heteroatoms. The largest absolute Gasteiger partial charge is 0.356 e. The number of nitrogens with zero attached hydrogens (tertiary/aromatic N) is 2. The van der Waals surface area contributed by atoms with Crippen LogP contribution in [0.5, 0.6) is 0 Å². The smallest absolute Gasteiger partial charge is 0.216 e. The molecule has 4 nitrogen and oxygen atoms in total. The number of amides is 1. The molecule has 0 aliphatic heterocycles. The maximum absolute atomic E-state index is 10.7. The zero-order valence-corrected chi connectivity index (χ0v) is 10.2. The second kappa shape index (κ2) is 7.04. The monoisotopic (exact) mass is 223 g/mol. The molecule has 0 saturated heterocycles. The Morgan fingerprint density at radius 3 is 3.00 bits per heavy atom. The number of aromatic nitrogens is 2. The molecular weight excluding hydrogens is 202 g/mol. The molecule has 0 fully saturated rings. The molecule has 0 unspecified atom stereocenters. The van der Waals surface area contributed by atoms with Crippen LogP contribution in [0.2, 0.25) is 0 Å². The number of unbranched alkanes of at least 4 members (excludes halogenated alkanes) is 1. The summed E-state index contributed by atoms with van der Waals surface area (Å²) in [6.07, 6.45) is 8.14. The van der Waals surface area contributed by atoms with Crippen molar-refractivity contribution in [3.63, 3.8) is 0 Å². The van der Waals surface area contributed by atoms with E-state index < -0.39 is 0 Å². The normalized spacial score (nSPS) is 10.4. The van der Waals surface area contributed by atoms with Crippen molar-refractivity contribution in [1.29, 1.82) is 0 Å². The molecule has 1 rings (SSSR count). The summed E-state index contributed by atoms with van der Waals surface area (Å²) in [6.45, 7) is 5.51. The Hall–Kier alpha value is -1.32. The molecule has 0 aliphatic carbocycles. The molecule has 0 radical (unpaired) electrons. The Labute approximate surface area is 97.1 Å². The molecule has 0 saturated carbocycles. The minimum absolute atomic E-state index is 0.0364. The second-order valence-electron chi connectivity index (χ2n) is 3.98. The van der Waals surface area contributed by atoms with Crippen molar-refractivity contribution < 1.29 is 4.79 Å². The van der Waals surface area contributed by atoms with Crippen LogP contribution in [0, 0.1) is 0 Å². The number of hydrogen-bond donors (Lipinski definition) is 1. The van der Waals surface area contributed by atoms with E-state index in [1.807, 2.05) is 12.4 Å². The highest BCUT2D eigenvalue weighted by molar-refractivity contribution is 5.72. The van der Waals surface area contributed by atoms with E-state index in [1.54, 1.807) is 6.92 Å². The molecule has 0 atom stereocenters. The van der Waals surface area contributed by atoms with E-state index >= 15 is 0 Å². The lowest BCUT2D eigenvalue weighted by molar-refractivity contribution is -0.118. The number of carbonyl (C=O) groups is 1. The van der Waals surface area contributed by atoms with Crippen LogP contribution < -0.4 is 5.32 Å². The second-order valence-corrected chi connectivity index (χ2v) is 3.98. The van der Waals surface area contributed by atoms with Crippen LogP contribution in [-0.4, -0.2) is 22.0 Å². The van der Waals surface area contributed by atoms with Gasteiger partial charge in [0.1, 0.15) is 5.82 Å². The topological polar surface area (TPSA) is 46.9 Å². The van der Waals surface area contributed by atoms with Crippen LogP contribution in [0.1, 0.15) is 38.9 Å². The molecule has 16 heavy (non-hydrogen) atoms. The summed E-state index contributed by atoms with van der Waals surface area (Å²) in [5.74, 6) is 1.16. The first-order chi connectivity index (χ1) is 7.74. The first-order valence-corrected chi connectivity index (χ1v) is 5.98. The summed E-state index contributed by atoms with van der Waals surface area (Å²) in [5.41, 5.74) is 0. The van der Waals surface area contributed by atoms with Crippen molar-refractivity contribution in [2.45, 2.75) is 46.1 Å². The lowest BCUT2D eigenvalue weighted by Gasteiger charge is -2.07. The standard InChI is InChI=1S/C12H21N3O/c1-3-4-9-15-10-8-14-12(15)6-5-7-13-11(2)16/h8,10H,3-7,9H2,1-2H3,(H,13,16). The van der Waals surface area contributed by atoms with E-state index in [9.17, 15) is 4.79 Å². The van der Waals surface area contributed by atoms with Gasteiger partial charge in [0, 0.05) is 38.8 Å². The third kappa shape index (κ3) is 4.47. The Morgan fingerprint density at radius 2 is 2.31 bits per heavy atom. The number of nitrogens with one attached hydrogen (secondary N) is 1. The third-order valence-corrected chi connectivity index (χ3v) is 2.51. The zero-order valence-electron chi connectivity index (χ0n) is 10.2. The van der Waals surface area contributed by atoms with Gasteiger partial charge in [0.05, 0.1) is 0 Å². The minimum Gasteiger partial charge on any atom is -0.356 e. The van der Waals surface area contributed by atoms with Gasteiger partial charge >= 0.3 is 0 Å². The summed E-state index contributed by atoms with van der Waals surface area (Å²) in [5, 5.41) is 2.79. The van der Waals surface area contributed by atoms with Gasteiger partial charge in [-0.2, -0.15) is 0 Å². The van der Waals surface area contributed by atoms with Crippen molar-refractivity contribution in [2.24, 2.45) is 0 Å². The number of rotatable bonds is 7. The van der Waals surface area contributed by atoms with Crippen molar-refractivity contribution in [3.8, 4) is 0 Å². The summed E-state index contributed by atoms with van der Waals surface area (Å²) in [4.78, 5) is 15.0. The van der Waals surface area contributed by atoms with E-state index in [-0.39, 0.29) is 5.91 Å². The fourth-order valence-corrected chi connectivity index (χ4v) is 1.61. The van der Waals surface area contributed by atoms with Crippen LogP contribution in [0.25, 0.3) is 0 Å². The van der Waals surface area contributed by atoms with Gasteiger partial charge in [-0.25, -0.2) is 4.98 Å². The Kier molecular flexibility index (Phi) is 5.61. The molecule has 1 amide bonds. The Balaban J connectivity index is 2.29. The third-order valence-electron chi connectivity index (χ3n) is 2.51. The van der Waals surface area contributed by atoms with Crippen LogP contribution in [0.3, 0.4) is 0 Å². The highest BCUT2D eigenvalue weighted by Gasteiger charge is 2.01. The average Bonchev–Trinajstić information content (AvgIpc) is 2.69. The summed E-state index contributed by atoms with van der Waals surface area (Å²) in [7, 11) is 0. The van der Waals surface area contributed by atoms with E-state index in [0.29, 0.717) is 0 Å². The quantitative estimate of drug-likeness (QED) is 0.716. The molecule has 1 N–H and O–H groups in total. The molecular formula is C12H21N3O. The molecule has 0 bridgehead atoms. The number of carbonyl (C=O) groups excluding carboxylic acids is 1. The maximum Gasteiger partial charge on any atom is 0.216 e. The molecule has 0 aliphatic rings. The molecule has 1 aromatic heterocycles. The van der Waals surface area contributed by atoms with Gasteiger partial charge in [-0.1, -0.05) is 13.3 Å². The van der Waals surface area contributed by atoms with E-state index in [1.165, 1.54) is 12.8 Å². The first kappa shape index (κ1) is 12.7. The van der Waals surface area contributed by atoms with Crippen LogP contribution in [0.4, 0.5) is 0 Å². The fraction of sp³-hybridized carbons (Fsp3) is 0.667. The average molecular weight is 223 g/mol. The zero-order chi connectivity index (χ0) is 11.8. The van der Waals surface area contributed by atoms with Gasteiger partial charge in [-0.05, 0) is 12.8 Å². The van der Waals surface area contributed by atoms with Gasteiger partial charge in [0.25, 0.3) is 0 Å².